The highest BCUT2D eigenvalue weighted by Gasteiger charge is 2.16. The molecule has 0 aliphatic heterocycles. The maximum atomic E-state index is 10.8. The minimum atomic E-state index is -0.548. The van der Waals surface area contributed by atoms with Crippen molar-refractivity contribution in [2.75, 3.05) is 11.9 Å². The smallest absolute Gasteiger partial charge is 0.293 e. The van der Waals surface area contributed by atoms with E-state index in [1.54, 1.807) is 0 Å². The van der Waals surface area contributed by atoms with Crippen molar-refractivity contribution in [3.05, 3.63) is 33.9 Å². The second-order valence-electron chi connectivity index (χ2n) is 3.53. The van der Waals surface area contributed by atoms with Gasteiger partial charge >= 0.3 is 0 Å². The molecule has 0 bridgehead atoms. The lowest BCUT2D eigenvalue weighted by molar-refractivity contribution is -0.384. The van der Waals surface area contributed by atoms with Crippen molar-refractivity contribution in [3.8, 4) is 6.07 Å². The van der Waals surface area contributed by atoms with Gasteiger partial charge in [-0.2, -0.15) is 5.26 Å². The molecule has 2 N–H and O–H groups in total. The van der Waals surface area contributed by atoms with Crippen LogP contribution in [-0.2, 0) is 0 Å². The summed E-state index contributed by atoms with van der Waals surface area (Å²) < 4.78 is 0. The summed E-state index contributed by atoms with van der Waals surface area (Å²) in [6.07, 6.45) is 0.646. The molecule has 1 aromatic carbocycles. The Morgan fingerprint density at radius 1 is 1.65 bits per heavy atom. The lowest BCUT2D eigenvalue weighted by Crippen LogP contribution is -2.23. The number of hydrogen-bond acceptors (Lipinski definition) is 5. The van der Waals surface area contributed by atoms with Crippen LogP contribution in [0.2, 0.25) is 0 Å². The van der Waals surface area contributed by atoms with E-state index in [1.165, 1.54) is 18.2 Å². The van der Waals surface area contributed by atoms with Gasteiger partial charge in [0.05, 0.1) is 23.2 Å². The van der Waals surface area contributed by atoms with Gasteiger partial charge in [-0.1, -0.05) is 6.92 Å². The first-order chi connectivity index (χ1) is 8.12. The highest BCUT2D eigenvalue weighted by molar-refractivity contribution is 5.64. The largest absolute Gasteiger partial charge is 0.394 e. The van der Waals surface area contributed by atoms with E-state index < -0.39 is 4.92 Å². The predicted octanol–water partition coefficient (Wildman–Crippen LogP) is 1.65. The highest BCUT2D eigenvalue weighted by Crippen LogP contribution is 2.26. The zero-order valence-electron chi connectivity index (χ0n) is 9.38. The van der Waals surface area contributed by atoms with Crippen molar-refractivity contribution < 1.29 is 10.0 Å². The summed E-state index contributed by atoms with van der Waals surface area (Å²) in [6, 6.07) is 5.81. The molecule has 90 valence electrons. The van der Waals surface area contributed by atoms with E-state index in [-0.39, 0.29) is 23.9 Å². The van der Waals surface area contributed by atoms with Crippen molar-refractivity contribution in [3.63, 3.8) is 0 Å². The topological polar surface area (TPSA) is 99.2 Å². The van der Waals surface area contributed by atoms with Crippen molar-refractivity contribution in [2.45, 2.75) is 19.4 Å². The second-order valence-corrected chi connectivity index (χ2v) is 3.53. The van der Waals surface area contributed by atoms with Crippen LogP contribution in [0.3, 0.4) is 0 Å². The van der Waals surface area contributed by atoms with Crippen LogP contribution in [0.5, 0.6) is 0 Å². The van der Waals surface area contributed by atoms with E-state index in [0.29, 0.717) is 12.1 Å². The maximum Gasteiger partial charge on any atom is 0.293 e. The van der Waals surface area contributed by atoms with E-state index in [0.717, 1.165) is 0 Å². The molecule has 0 aliphatic carbocycles. The molecule has 0 amide bonds. The van der Waals surface area contributed by atoms with Crippen LogP contribution in [0.4, 0.5) is 11.4 Å². The molecule has 0 aromatic heterocycles. The van der Waals surface area contributed by atoms with E-state index in [1.807, 2.05) is 13.0 Å². The molecular formula is C11H13N3O3. The summed E-state index contributed by atoms with van der Waals surface area (Å²) in [4.78, 5) is 10.3. The van der Waals surface area contributed by atoms with E-state index in [2.05, 4.69) is 5.32 Å². The third kappa shape index (κ3) is 3.16. The monoisotopic (exact) mass is 235 g/mol. The Kier molecular flexibility index (Phi) is 4.43. The number of aliphatic hydroxyl groups excluding tert-OH is 1. The number of nitro groups is 1. The molecule has 1 rings (SSSR count). The Bertz CT molecular complexity index is 450. The van der Waals surface area contributed by atoms with Gasteiger partial charge in [0.2, 0.25) is 0 Å². The summed E-state index contributed by atoms with van der Waals surface area (Å²) >= 11 is 0. The lowest BCUT2D eigenvalue weighted by Gasteiger charge is -2.15. The predicted molar refractivity (Wildman–Crippen MR) is 62.6 cm³/mol. The number of nitrogens with one attached hydrogen (secondary N) is 1. The zero-order chi connectivity index (χ0) is 12.8. The minimum Gasteiger partial charge on any atom is -0.394 e. The van der Waals surface area contributed by atoms with Gasteiger partial charge in [0.15, 0.2) is 0 Å². The molecule has 1 unspecified atom stereocenters. The number of nitrogens with zero attached hydrogens (tertiary/aromatic N) is 2. The van der Waals surface area contributed by atoms with Gasteiger partial charge < -0.3 is 10.4 Å². The first kappa shape index (κ1) is 12.9. The third-order valence-electron chi connectivity index (χ3n) is 2.40. The molecule has 1 aromatic rings. The average Bonchev–Trinajstić information content (AvgIpc) is 2.35. The van der Waals surface area contributed by atoms with Gasteiger partial charge in [-0.15, -0.1) is 0 Å². The Balaban J connectivity index is 3.07. The van der Waals surface area contributed by atoms with Crippen LogP contribution in [0.1, 0.15) is 18.9 Å². The molecule has 6 nitrogen and oxygen atoms in total. The Labute approximate surface area is 98.6 Å². The Morgan fingerprint density at radius 2 is 2.35 bits per heavy atom. The normalized spacial score (nSPS) is 11.6. The van der Waals surface area contributed by atoms with Gasteiger partial charge in [0, 0.05) is 12.1 Å². The first-order valence-corrected chi connectivity index (χ1v) is 5.18. The van der Waals surface area contributed by atoms with Crippen LogP contribution in [0.25, 0.3) is 0 Å². The van der Waals surface area contributed by atoms with Crippen LogP contribution >= 0.6 is 0 Å². The fourth-order valence-electron chi connectivity index (χ4n) is 1.37. The summed E-state index contributed by atoms with van der Waals surface area (Å²) in [7, 11) is 0. The summed E-state index contributed by atoms with van der Waals surface area (Å²) in [6.45, 7) is 1.76. The molecule has 0 saturated carbocycles. The van der Waals surface area contributed by atoms with E-state index in [9.17, 15) is 10.1 Å². The van der Waals surface area contributed by atoms with E-state index >= 15 is 0 Å². The first-order valence-electron chi connectivity index (χ1n) is 5.18. The summed E-state index contributed by atoms with van der Waals surface area (Å²) in [5.74, 6) is 0. The minimum absolute atomic E-state index is 0.104. The molecule has 0 saturated heterocycles. The lowest BCUT2D eigenvalue weighted by atomic mass is 10.1. The van der Waals surface area contributed by atoms with Gasteiger partial charge in [0.1, 0.15) is 5.69 Å². The third-order valence-corrected chi connectivity index (χ3v) is 2.40. The number of benzene rings is 1. The molecule has 6 heteroatoms. The maximum absolute atomic E-state index is 10.8. The molecule has 1 atom stereocenters. The van der Waals surface area contributed by atoms with Gasteiger partial charge in [-0.25, -0.2) is 0 Å². The number of nitriles is 1. The molecular weight excluding hydrogens is 222 g/mol. The molecule has 0 spiro atoms. The average molecular weight is 235 g/mol. The highest BCUT2D eigenvalue weighted by atomic mass is 16.6. The van der Waals surface area contributed by atoms with Crippen LogP contribution < -0.4 is 5.32 Å². The molecule has 0 heterocycles. The summed E-state index contributed by atoms with van der Waals surface area (Å²) in [5.41, 5.74) is 0.394. The zero-order valence-corrected chi connectivity index (χ0v) is 9.38. The summed E-state index contributed by atoms with van der Waals surface area (Å²) in [5, 5.41) is 31.4. The molecule has 0 fully saturated rings. The van der Waals surface area contributed by atoms with Crippen LogP contribution in [-0.4, -0.2) is 22.7 Å². The van der Waals surface area contributed by atoms with Gasteiger partial charge in [0.25, 0.3) is 5.69 Å². The molecule has 17 heavy (non-hydrogen) atoms. The fraction of sp³-hybridized carbons (Fsp3) is 0.364. The molecule has 0 aliphatic rings. The number of hydrogen-bond donors (Lipinski definition) is 2. The Hall–Kier alpha value is -2.13. The van der Waals surface area contributed by atoms with Crippen LogP contribution in [0, 0.1) is 21.4 Å². The Morgan fingerprint density at radius 3 is 2.82 bits per heavy atom. The number of rotatable bonds is 5. The van der Waals surface area contributed by atoms with Crippen molar-refractivity contribution in [1.29, 1.82) is 5.26 Å². The fourth-order valence-corrected chi connectivity index (χ4v) is 1.37. The number of anilines is 1. The second kappa shape index (κ2) is 5.82. The number of nitro benzene ring substituents is 1. The van der Waals surface area contributed by atoms with Gasteiger partial charge in [-0.3, -0.25) is 10.1 Å². The van der Waals surface area contributed by atoms with Crippen molar-refractivity contribution in [1.82, 2.24) is 0 Å². The van der Waals surface area contributed by atoms with Crippen molar-refractivity contribution in [2.24, 2.45) is 0 Å². The quantitative estimate of drug-likeness (QED) is 0.597. The standard InChI is InChI=1S/C11H13N3O3/c1-2-9(7-15)13-10-4-3-8(6-12)5-11(10)14(16)17/h3-5,9,13,15H,2,7H2,1H3. The number of aliphatic hydroxyl groups is 1. The van der Waals surface area contributed by atoms with Crippen LogP contribution in [0.15, 0.2) is 18.2 Å². The van der Waals surface area contributed by atoms with Gasteiger partial charge in [-0.05, 0) is 18.6 Å². The van der Waals surface area contributed by atoms with Crippen molar-refractivity contribution >= 4 is 11.4 Å². The SMILES string of the molecule is CCC(CO)Nc1ccc(C#N)cc1[N+](=O)[O-]. The molecule has 0 radical (unpaired) electrons. The van der Waals surface area contributed by atoms with E-state index in [4.69, 9.17) is 10.4 Å².